The molecule has 1 aromatic carbocycles. The molecule has 0 bridgehead atoms. The number of aromatic amines is 1. The van der Waals surface area contributed by atoms with E-state index < -0.39 is 0 Å². The zero-order valence-corrected chi connectivity index (χ0v) is 15.9. The molecule has 0 amide bonds. The van der Waals surface area contributed by atoms with Crippen LogP contribution in [0.1, 0.15) is 30.4 Å². The molecule has 7 heteroatoms. The molecule has 142 valence electrons. The summed E-state index contributed by atoms with van der Waals surface area (Å²) in [5, 5.41) is 0.497. The van der Waals surface area contributed by atoms with Crippen molar-refractivity contribution in [2.75, 3.05) is 20.8 Å². The number of ether oxygens (including phenoxy) is 2. The first-order valence-electron chi connectivity index (χ1n) is 9.11. The predicted octanol–water partition coefficient (Wildman–Crippen LogP) is 2.62. The summed E-state index contributed by atoms with van der Waals surface area (Å²) in [6.45, 7) is 1.60. The Labute approximate surface area is 157 Å². The topological polar surface area (TPSA) is 72.4 Å². The monoisotopic (exact) mass is 368 g/mol. The normalized spacial score (nSPS) is 17.5. The van der Waals surface area contributed by atoms with Gasteiger partial charge in [-0.15, -0.1) is 0 Å². The number of methoxy groups -OCH3 is 2. The van der Waals surface area contributed by atoms with Gasteiger partial charge in [0.1, 0.15) is 5.82 Å². The lowest BCUT2D eigenvalue weighted by molar-refractivity contribution is 0.235. The van der Waals surface area contributed by atoms with E-state index in [4.69, 9.17) is 9.47 Å². The smallest absolute Gasteiger partial charge is 0.258 e. The number of fused-ring (bicyclic) bond motifs is 1. The Hall–Kier alpha value is -2.80. The van der Waals surface area contributed by atoms with Crippen LogP contribution in [0.2, 0.25) is 0 Å². The average molecular weight is 368 g/mol. The van der Waals surface area contributed by atoms with E-state index in [1.807, 2.05) is 0 Å². The van der Waals surface area contributed by atoms with Crippen LogP contribution in [0.15, 0.2) is 35.3 Å². The van der Waals surface area contributed by atoms with E-state index in [-0.39, 0.29) is 5.56 Å². The zero-order valence-electron chi connectivity index (χ0n) is 15.9. The Morgan fingerprint density at radius 2 is 2.04 bits per heavy atom. The zero-order chi connectivity index (χ0) is 19.0. The Morgan fingerprint density at radius 3 is 2.74 bits per heavy atom. The second kappa shape index (κ2) is 7.08. The van der Waals surface area contributed by atoms with Gasteiger partial charge in [-0.1, -0.05) is 0 Å². The fourth-order valence-corrected chi connectivity index (χ4v) is 3.95. The van der Waals surface area contributed by atoms with Gasteiger partial charge in [-0.25, -0.2) is 4.98 Å². The molecular formula is C20H24N4O3. The average Bonchev–Trinajstić information content (AvgIpc) is 3.29. The molecule has 1 saturated heterocycles. The SMILES string of the molecule is COc1cc2nc(CN3CCC[C@H]3c3cccn3C)[nH]c(=O)c2cc1OC. The van der Waals surface area contributed by atoms with Gasteiger partial charge in [0.05, 0.1) is 37.7 Å². The van der Waals surface area contributed by atoms with Crippen molar-refractivity contribution >= 4 is 10.9 Å². The van der Waals surface area contributed by atoms with Gasteiger partial charge in [-0.05, 0) is 37.6 Å². The van der Waals surface area contributed by atoms with Crippen molar-refractivity contribution in [1.82, 2.24) is 19.4 Å². The Kier molecular flexibility index (Phi) is 4.61. The molecule has 0 radical (unpaired) electrons. The molecule has 2 aromatic heterocycles. The van der Waals surface area contributed by atoms with E-state index in [9.17, 15) is 4.79 Å². The van der Waals surface area contributed by atoms with Crippen molar-refractivity contribution < 1.29 is 9.47 Å². The van der Waals surface area contributed by atoms with Gasteiger partial charge in [-0.2, -0.15) is 0 Å². The van der Waals surface area contributed by atoms with Gasteiger partial charge in [-0.3, -0.25) is 9.69 Å². The summed E-state index contributed by atoms with van der Waals surface area (Å²) in [4.78, 5) is 22.6. The summed E-state index contributed by atoms with van der Waals surface area (Å²) in [5.74, 6) is 1.76. The molecule has 0 spiro atoms. The number of nitrogens with one attached hydrogen (secondary N) is 1. The second-order valence-electron chi connectivity index (χ2n) is 6.91. The minimum atomic E-state index is -0.162. The molecule has 27 heavy (non-hydrogen) atoms. The summed E-state index contributed by atoms with van der Waals surface area (Å²) < 4.78 is 12.8. The summed E-state index contributed by atoms with van der Waals surface area (Å²) in [6.07, 6.45) is 4.32. The molecule has 3 heterocycles. The van der Waals surface area contributed by atoms with Crippen molar-refractivity contribution in [1.29, 1.82) is 0 Å². The van der Waals surface area contributed by atoms with E-state index in [0.717, 1.165) is 19.4 Å². The molecule has 0 saturated carbocycles. The fourth-order valence-electron chi connectivity index (χ4n) is 3.95. The highest BCUT2D eigenvalue weighted by Gasteiger charge is 2.28. The molecular weight excluding hydrogens is 344 g/mol. The maximum absolute atomic E-state index is 12.6. The van der Waals surface area contributed by atoms with Crippen molar-refractivity contribution in [3.8, 4) is 11.5 Å². The first kappa shape index (κ1) is 17.6. The van der Waals surface area contributed by atoms with Crippen molar-refractivity contribution in [2.45, 2.75) is 25.4 Å². The van der Waals surface area contributed by atoms with Crippen LogP contribution in [0.4, 0.5) is 0 Å². The number of likely N-dealkylation sites (tertiary alicyclic amines) is 1. The van der Waals surface area contributed by atoms with Gasteiger partial charge in [0.15, 0.2) is 11.5 Å². The molecule has 1 fully saturated rings. The van der Waals surface area contributed by atoms with Crippen molar-refractivity contribution in [3.63, 3.8) is 0 Å². The Balaban J connectivity index is 1.68. The van der Waals surface area contributed by atoms with Crippen LogP contribution in [0, 0.1) is 0 Å². The van der Waals surface area contributed by atoms with Crippen LogP contribution < -0.4 is 15.0 Å². The minimum absolute atomic E-state index is 0.162. The van der Waals surface area contributed by atoms with Crippen LogP contribution in [-0.4, -0.2) is 40.2 Å². The van der Waals surface area contributed by atoms with Crippen LogP contribution >= 0.6 is 0 Å². The van der Waals surface area contributed by atoms with Crippen molar-refractivity contribution in [2.24, 2.45) is 7.05 Å². The number of aromatic nitrogens is 3. The van der Waals surface area contributed by atoms with E-state index >= 15 is 0 Å². The maximum atomic E-state index is 12.6. The minimum Gasteiger partial charge on any atom is -0.493 e. The van der Waals surface area contributed by atoms with E-state index in [0.29, 0.717) is 40.8 Å². The number of rotatable bonds is 5. The maximum Gasteiger partial charge on any atom is 0.258 e. The molecule has 0 unspecified atom stereocenters. The summed E-state index contributed by atoms with van der Waals surface area (Å²) >= 11 is 0. The van der Waals surface area contributed by atoms with Crippen molar-refractivity contribution in [3.05, 3.63) is 52.3 Å². The Morgan fingerprint density at radius 1 is 1.26 bits per heavy atom. The van der Waals surface area contributed by atoms with Crippen LogP contribution in [0.25, 0.3) is 10.9 Å². The van der Waals surface area contributed by atoms with E-state index in [2.05, 4.69) is 44.8 Å². The van der Waals surface area contributed by atoms with Gasteiger partial charge in [0.2, 0.25) is 0 Å². The van der Waals surface area contributed by atoms with E-state index in [1.54, 1.807) is 26.4 Å². The number of nitrogens with zero attached hydrogens (tertiary/aromatic N) is 3. The lowest BCUT2D eigenvalue weighted by Crippen LogP contribution is -2.26. The quantitative estimate of drug-likeness (QED) is 0.749. The van der Waals surface area contributed by atoms with E-state index in [1.165, 1.54) is 5.69 Å². The molecule has 1 aliphatic heterocycles. The molecule has 1 aliphatic rings. The van der Waals surface area contributed by atoms with Crippen LogP contribution in [-0.2, 0) is 13.6 Å². The highest BCUT2D eigenvalue weighted by molar-refractivity contribution is 5.81. The fraction of sp³-hybridized carbons (Fsp3) is 0.400. The molecule has 7 nitrogen and oxygen atoms in total. The number of benzene rings is 1. The third-order valence-corrected chi connectivity index (χ3v) is 5.30. The predicted molar refractivity (Wildman–Crippen MR) is 103 cm³/mol. The van der Waals surface area contributed by atoms with Gasteiger partial charge in [0, 0.05) is 25.0 Å². The number of H-pyrrole nitrogens is 1. The molecule has 1 atom stereocenters. The highest BCUT2D eigenvalue weighted by atomic mass is 16.5. The molecule has 4 rings (SSSR count). The van der Waals surface area contributed by atoms with Crippen LogP contribution in [0.5, 0.6) is 11.5 Å². The third-order valence-electron chi connectivity index (χ3n) is 5.30. The van der Waals surface area contributed by atoms with Gasteiger partial charge in [0.25, 0.3) is 5.56 Å². The lowest BCUT2D eigenvalue weighted by Gasteiger charge is -2.24. The first-order chi connectivity index (χ1) is 13.1. The third kappa shape index (κ3) is 3.19. The standard InChI is InChI=1S/C20H24N4O3/c1-23-8-4-6-15(23)16-7-5-9-24(16)12-19-21-14-11-18(27-3)17(26-2)10-13(14)20(25)22-19/h4,6,8,10-11,16H,5,7,9,12H2,1-3H3,(H,21,22,25)/t16-/m0/s1. The van der Waals surface area contributed by atoms with Gasteiger partial charge >= 0.3 is 0 Å². The molecule has 3 aromatic rings. The number of hydrogen-bond donors (Lipinski definition) is 1. The van der Waals surface area contributed by atoms with Crippen LogP contribution in [0.3, 0.4) is 0 Å². The molecule has 0 aliphatic carbocycles. The second-order valence-corrected chi connectivity index (χ2v) is 6.91. The summed E-state index contributed by atoms with van der Waals surface area (Å²) in [6, 6.07) is 8.01. The highest BCUT2D eigenvalue weighted by Crippen LogP contribution is 2.33. The largest absolute Gasteiger partial charge is 0.493 e. The Bertz CT molecular complexity index is 1020. The first-order valence-corrected chi connectivity index (χ1v) is 9.11. The lowest BCUT2D eigenvalue weighted by atomic mass is 10.1. The summed E-state index contributed by atoms with van der Waals surface area (Å²) in [5.41, 5.74) is 1.74. The summed E-state index contributed by atoms with van der Waals surface area (Å²) in [7, 11) is 5.20. The number of hydrogen-bond acceptors (Lipinski definition) is 5. The molecule has 1 N–H and O–H groups in total. The number of aryl methyl sites for hydroxylation is 1. The van der Waals surface area contributed by atoms with Gasteiger partial charge < -0.3 is 19.0 Å².